The van der Waals surface area contributed by atoms with E-state index in [0.717, 1.165) is 22.0 Å². The zero-order valence-corrected chi connectivity index (χ0v) is 13.8. The van der Waals surface area contributed by atoms with Crippen molar-refractivity contribution < 1.29 is 9.53 Å². The van der Waals surface area contributed by atoms with Crippen LogP contribution < -0.4 is 10.1 Å². The number of hydrogen-bond acceptors (Lipinski definition) is 5. The lowest BCUT2D eigenvalue weighted by molar-refractivity contribution is -0.121. The zero-order valence-electron chi connectivity index (χ0n) is 13.0. The molecule has 0 aliphatic rings. The summed E-state index contributed by atoms with van der Waals surface area (Å²) < 4.78 is 5.51. The summed E-state index contributed by atoms with van der Waals surface area (Å²) in [6.45, 7) is 0.781. The first kappa shape index (κ1) is 16.1. The first-order valence-corrected chi connectivity index (χ1v) is 8.48. The minimum Gasteiger partial charge on any atom is -0.493 e. The summed E-state index contributed by atoms with van der Waals surface area (Å²) in [6.07, 6.45) is 3.82. The molecule has 1 N–H and O–H groups in total. The fraction of sp³-hybridized carbons (Fsp3) is 0.167. The molecule has 1 aromatic carbocycles. The van der Waals surface area contributed by atoms with E-state index in [-0.39, 0.29) is 5.91 Å². The lowest BCUT2D eigenvalue weighted by atomic mass is 10.2. The Labute approximate surface area is 144 Å². The summed E-state index contributed by atoms with van der Waals surface area (Å²) in [5.41, 5.74) is 1.85. The fourth-order valence-corrected chi connectivity index (χ4v) is 2.82. The molecule has 0 radical (unpaired) electrons. The highest BCUT2D eigenvalue weighted by atomic mass is 32.1. The summed E-state index contributed by atoms with van der Waals surface area (Å²) in [7, 11) is 0. The van der Waals surface area contributed by atoms with Crippen molar-refractivity contribution in [3.63, 3.8) is 0 Å². The maximum Gasteiger partial charge on any atom is 0.223 e. The van der Waals surface area contributed by atoms with E-state index >= 15 is 0 Å². The molecule has 0 bridgehead atoms. The van der Waals surface area contributed by atoms with Gasteiger partial charge in [0.2, 0.25) is 5.91 Å². The van der Waals surface area contributed by atoms with Gasteiger partial charge in [-0.05, 0) is 24.3 Å². The number of para-hydroxylation sites is 1. The van der Waals surface area contributed by atoms with E-state index in [1.165, 1.54) is 11.3 Å². The zero-order chi connectivity index (χ0) is 16.6. The molecule has 0 spiro atoms. The Morgan fingerprint density at radius 1 is 1.17 bits per heavy atom. The van der Waals surface area contributed by atoms with Crippen LogP contribution in [0.25, 0.3) is 11.3 Å². The summed E-state index contributed by atoms with van der Waals surface area (Å²) in [5, 5.41) is 5.70. The van der Waals surface area contributed by atoms with Gasteiger partial charge in [0, 0.05) is 23.3 Å². The number of aromatic nitrogens is 2. The second kappa shape index (κ2) is 8.21. The number of carbonyl (C=O) groups excluding carboxylic acids is 1. The summed E-state index contributed by atoms with van der Waals surface area (Å²) in [5.74, 6) is 0.718. The Morgan fingerprint density at radius 2 is 2.04 bits per heavy atom. The normalized spacial score (nSPS) is 10.3. The van der Waals surface area contributed by atoms with Crippen LogP contribution in [0, 0.1) is 0 Å². The van der Waals surface area contributed by atoms with Gasteiger partial charge in [0.25, 0.3) is 0 Å². The number of benzene rings is 1. The predicted molar refractivity (Wildman–Crippen MR) is 93.7 cm³/mol. The first-order valence-electron chi connectivity index (χ1n) is 7.60. The third-order valence-electron chi connectivity index (χ3n) is 3.29. The molecule has 0 saturated heterocycles. The highest BCUT2D eigenvalue weighted by Gasteiger charge is 2.07. The second-order valence-corrected chi connectivity index (χ2v) is 6.00. The Morgan fingerprint density at radius 3 is 2.83 bits per heavy atom. The fourth-order valence-electron chi connectivity index (χ4n) is 2.08. The van der Waals surface area contributed by atoms with Gasteiger partial charge in [0.1, 0.15) is 10.8 Å². The summed E-state index contributed by atoms with van der Waals surface area (Å²) >= 11 is 1.52. The quantitative estimate of drug-likeness (QED) is 0.717. The van der Waals surface area contributed by atoms with E-state index in [1.807, 2.05) is 47.8 Å². The topological polar surface area (TPSA) is 64.1 Å². The van der Waals surface area contributed by atoms with Crippen LogP contribution in [0.4, 0.5) is 0 Å². The van der Waals surface area contributed by atoms with Gasteiger partial charge in [0.05, 0.1) is 25.3 Å². The first-order chi connectivity index (χ1) is 11.8. The van der Waals surface area contributed by atoms with Gasteiger partial charge in [-0.2, -0.15) is 0 Å². The van der Waals surface area contributed by atoms with Crippen LogP contribution in [0.1, 0.15) is 11.4 Å². The molecule has 122 valence electrons. The molecular formula is C18H17N3O2S. The van der Waals surface area contributed by atoms with Crippen LogP contribution in [-0.2, 0) is 11.3 Å². The van der Waals surface area contributed by atoms with Crippen molar-refractivity contribution in [3.05, 3.63) is 65.2 Å². The Kier molecular flexibility index (Phi) is 5.52. The van der Waals surface area contributed by atoms with E-state index in [9.17, 15) is 4.79 Å². The van der Waals surface area contributed by atoms with Crippen LogP contribution >= 0.6 is 11.3 Å². The molecule has 2 aromatic heterocycles. The number of amides is 1. The number of thiazole rings is 1. The largest absolute Gasteiger partial charge is 0.493 e. The maximum atomic E-state index is 11.9. The molecule has 0 unspecified atom stereocenters. The van der Waals surface area contributed by atoms with E-state index in [4.69, 9.17) is 4.74 Å². The molecule has 5 nitrogen and oxygen atoms in total. The van der Waals surface area contributed by atoms with E-state index in [1.54, 1.807) is 12.4 Å². The van der Waals surface area contributed by atoms with Gasteiger partial charge < -0.3 is 10.1 Å². The van der Waals surface area contributed by atoms with Gasteiger partial charge >= 0.3 is 0 Å². The number of hydrogen-bond donors (Lipinski definition) is 1. The number of nitrogens with one attached hydrogen (secondary N) is 1. The lowest BCUT2D eigenvalue weighted by Crippen LogP contribution is -2.24. The van der Waals surface area contributed by atoms with Crippen molar-refractivity contribution >= 4 is 17.2 Å². The van der Waals surface area contributed by atoms with Crippen LogP contribution in [0.15, 0.2) is 60.2 Å². The number of rotatable bonds is 7. The Bertz CT molecular complexity index is 775. The van der Waals surface area contributed by atoms with Crippen molar-refractivity contribution in [1.82, 2.24) is 15.3 Å². The number of nitrogens with zero attached hydrogens (tertiary/aromatic N) is 2. The predicted octanol–water partition coefficient (Wildman–Crippen LogP) is 3.29. The average molecular weight is 339 g/mol. The molecule has 0 fully saturated rings. The number of carbonyl (C=O) groups is 1. The lowest BCUT2D eigenvalue weighted by Gasteiger charge is -2.06. The molecule has 0 aliphatic carbocycles. The Hall–Kier alpha value is -2.73. The molecule has 0 atom stereocenters. The molecule has 1 amide bonds. The smallest absolute Gasteiger partial charge is 0.223 e. The minimum absolute atomic E-state index is 0.0518. The molecule has 3 aromatic rings. The van der Waals surface area contributed by atoms with Crippen LogP contribution in [0.2, 0.25) is 0 Å². The van der Waals surface area contributed by atoms with Crippen LogP contribution in [-0.4, -0.2) is 22.5 Å². The Balaban J connectivity index is 1.42. The standard InChI is InChI=1S/C18H17N3O2S/c22-17(8-10-23-15-6-2-1-3-7-15)20-12-18-21-16(13-24-18)14-5-4-9-19-11-14/h1-7,9,11,13H,8,10,12H2,(H,20,22). The monoisotopic (exact) mass is 339 g/mol. The maximum absolute atomic E-state index is 11.9. The minimum atomic E-state index is -0.0518. The number of pyridine rings is 1. The van der Waals surface area contributed by atoms with Gasteiger partial charge in [0.15, 0.2) is 0 Å². The molecular weight excluding hydrogens is 322 g/mol. The van der Waals surface area contributed by atoms with Crippen molar-refractivity contribution in [3.8, 4) is 17.0 Å². The highest BCUT2D eigenvalue weighted by Crippen LogP contribution is 2.20. The van der Waals surface area contributed by atoms with E-state index in [2.05, 4.69) is 15.3 Å². The van der Waals surface area contributed by atoms with Crippen LogP contribution in [0.3, 0.4) is 0 Å². The third kappa shape index (κ3) is 4.63. The summed E-state index contributed by atoms with van der Waals surface area (Å²) in [6, 6.07) is 13.3. The highest BCUT2D eigenvalue weighted by molar-refractivity contribution is 7.09. The van der Waals surface area contributed by atoms with Crippen molar-refractivity contribution in [2.45, 2.75) is 13.0 Å². The molecule has 24 heavy (non-hydrogen) atoms. The molecule has 2 heterocycles. The molecule has 6 heteroatoms. The van der Waals surface area contributed by atoms with Gasteiger partial charge in [-0.25, -0.2) is 4.98 Å². The van der Waals surface area contributed by atoms with Crippen molar-refractivity contribution in [2.24, 2.45) is 0 Å². The third-order valence-corrected chi connectivity index (χ3v) is 4.14. The number of ether oxygens (including phenoxy) is 1. The van der Waals surface area contributed by atoms with Crippen molar-refractivity contribution in [1.29, 1.82) is 0 Å². The van der Waals surface area contributed by atoms with Crippen LogP contribution in [0.5, 0.6) is 5.75 Å². The van der Waals surface area contributed by atoms with Crippen molar-refractivity contribution in [2.75, 3.05) is 6.61 Å². The van der Waals surface area contributed by atoms with E-state index < -0.39 is 0 Å². The van der Waals surface area contributed by atoms with E-state index in [0.29, 0.717) is 19.6 Å². The van der Waals surface area contributed by atoms with Gasteiger partial charge in [-0.1, -0.05) is 18.2 Å². The summed E-state index contributed by atoms with van der Waals surface area (Å²) in [4.78, 5) is 20.5. The van der Waals surface area contributed by atoms with Gasteiger partial charge in [-0.15, -0.1) is 11.3 Å². The molecule has 0 saturated carbocycles. The SMILES string of the molecule is O=C(CCOc1ccccc1)NCc1nc(-c2cccnc2)cs1. The second-order valence-electron chi connectivity index (χ2n) is 5.06. The average Bonchev–Trinajstić information content (AvgIpc) is 3.11. The molecule has 3 rings (SSSR count). The molecule has 0 aliphatic heterocycles. The van der Waals surface area contributed by atoms with Gasteiger partial charge in [-0.3, -0.25) is 9.78 Å².